The van der Waals surface area contributed by atoms with Gasteiger partial charge in [0.2, 0.25) is 0 Å². The second kappa shape index (κ2) is 5.80. The first kappa shape index (κ1) is 12.1. The van der Waals surface area contributed by atoms with Gasteiger partial charge in [-0.25, -0.2) is 9.97 Å². The highest BCUT2D eigenvalue weighted by Crippen LogP contribution is 2.23. The van der Waals surface area contributed by atoms with Crippen molar-refractivity contribution < 1.29 is 0 Å². The zero-order valence-electron chi connectivity index (χ0n) is 9.71. The molecule has 0 spiro atoms. The fourth-order valence-corrected chi connectivity index (χ4v) is 2.13. The maximum absolute atomic E-state index is 5.82. The van der Waals surface area contributed by atoms with Crippen molar-refractivity contribution in [3.05, 3.63) is 54.1 Å². The van der Waals surface area contributed by atoms with E-state index in [1.807, 2.05) is 6.07 Å². The van der Waals surface area contributed by atoms with Gasteiger partial charge in [0.15, 0.2) is 0 Å². The van der Waals surface area contributed by atoms with Gasteiger partial charge in [-0.15, -0.1) is 11.8 Å². The largest absolute Gasteiger partial charge is 0.329 e. The fraction of sp³-hybridized carbons (Fsp3) is 0.231. The zero-order chi connectivity index (χ0) is 12.1. The van der Waals surface area contributed by atoms with Crippen molar-refractivity contribution in [1.82, 2.24) is 9.97 Å². The van der Waals surface area contributed by atoms with Crippen LogP contribution in [0, 0.1) is 0 Å². The molecule has 0 saturated carbocycles. The Morgan fingerprint density at radius 2 is 1.82 bits per heavy atom. The number of aromatic nitrogens is 2. The summed E-state index contributed by atoms with van der Waals surface area (Å²) in [5.74, 6) is 0.860. The van der Waals surface area contributed by atoms with Crippen molar-refractivity contribution in [2.45, 2.75) is 10.8 Å². The first-order chi connectivity index (χ1) is 8.35. The summed E-state index contributed by atoms with van der Waals surface area (Å²) in [4.78, 5) is 9.79. The van der Waals surface area contributed by atoms with Gasteiger partial charge >= 0.3 is 0 Å². The van der Waals surface area contributed by atoms with Gasteiger partial charge in [0, 0.05) is 23.8 Å². The van der Waals surface area contributed by atoms with Crippen LogP contribution in [0.1, 0.15) is 17.3 Å². The van der Waals surface area contributed by atoms with E-state index in [0.29, 0.717) is 6.54 Å². The molecule has 1 aromatic heterocycles. The molecule has 0 saturated heterocycles. The second-order valence-corrected chi connectivity index (χ2v) is 4.55. The Kier molecular flexibility index (Phi) is 4.12. The molecule has 1 heterocycles. The molecule has 0 aliphatic rings. The van der Waals surface area contributed by atoms with Crippen LogP contribution in [0.2, 0.25) is 0 Å². The second-order valence-electron chi connectivity index (χ2n) is 3.67. The number of rotatable bonds is 4. The highest BCUT2D eigenvalue weighted by Gasteiger charge is 2.14. The molecule has 88 valence electrons. The molecule has 0 aliphatic carbocycles. The average molecular weight is 245 g/mol. The Hall–Kier alpha value is -1.39. The first-order valence-corrected chi connectivity index (χ1v) is 6.68. The minimum atomic E-state index is 0.0760. The van der Waals surface area contributed by atoms with Crippen molar-refractivity contribution in [2.24, 2.45) is 5.73 Å². The molecule has 2 rings (SSSR count). The van der Waals surface area contributed by atoms with E-state index in [1.54, 1.807) is 24.2 Å². The van der Waals surface area contributed by atoms with Crippen LogP contribution in [0.3, 0.4) is 0 Å². The van der Waals surface area contributed by atoms with Gasteiger partial charge in [-0.3, -0.25) is 0 Å². The molecule has 2 aromatic rings. The van der Waals surface area contributed by atoms with Crippen LogP contribution in [0.4, 0.5) is 0 Å². The van der Waals surface area contributed by atoms with E-state index in [1.165, 1.54) is 4.90 Å². The van der Waals surface area contributed by atoms with Crippen molar-refractivity contribution in [1.29, 1.82) is 0 Å². The van der Waals surface area contributed by atoms with Crippen LogP contribution in [0.25, 0.3) is 0 Å². The highest BCUT2D eigenvalue weighted by molar-refractivity contribution is 7.98. The molecule has 1 atom stereocenters. The minimum Gasteiger partial charge on any atom is -0.329 e. The van der Waals surface area contributed by atoms with E-state index in [9.17, 15) is 0 Å². The summed E-state index contributed by atoms with van der Waals surface area (Å²) < 4.78 is 0. The predicted molar refractivity (Wildman–Crippen MR) is 71.2 cm³/mol. The third kappa shape index (κ3) is 2.84. The third-order valence-electron chi connectivity index (χ3n) is 2.65. The van der Waals surface area contributed by atoms with Gasteiger partial charge in [-0.2, -0.15) is 0 Å². The van der Waals surface area contributed by atoms with Crippen molar-refractivity contribution in [3.63, 3.8) is 0 Å². The van der Waals surface area contributed by atoms with Gasteiger partial charge in [-0.1, -0.05) is 12.1 Å². The van der Waals surface area contributed by atoms with Gasteiger partial charge < -0.3 is 5.73 Å². The molecular weight excluding hydrogens is 230 g/mol. The number of nitrogens with two attached hydrogens (primary N) is 1. The molecule has 1 aromatic carbocycles. The summed E-state index contributed by atoms with van der Waals surface area (Å²) in [6.45, 7) is 0.516. The molecular formula is C13H15N3S. The van der Waals surface area contributed by atoms with Gasteiger partial charge in [0.1, 0.15) is 5.82 Å². The number of hydrogen-bond acceptors (Lipinski definition) is 4. The number of benzene rings is 1. The van der Waals surface area contributed by atoms with E-state index < -0.39 is 0 Å². The van der Waals surface area contributed by atoms with Gasteiger partial charge in [0.05, 0.1) is 5.92 Å². The summed E-state index contributed by atoms with van der Waals surface area (Å²) in [5.41, 5.74) is 6.99. The molecule has 17 heavy (non-hydrogen) atoms. The first-order valence-electron chi connectivity index (χ1n) is 5.46. The third-order valence-corrected chi connectivity index (χ3v) is 3.39. The SMILES string of the molecule is CSc1ccc(C(CN)c2ncccn2)cc1. The molecule has 2 N–H and O–H groups in total. The Morgan fingerprint density at radius 1 is 1.18 bits per heavy atom. The fourth-order valence-electron chi connectivity index (χ4n) is 1.72. The molecule has 0 bridgehead atoms. The van der Waals surface area contributed by atoms with Crippen LogP contribution >= 0.6 is 11.8 Å². The molecule has 0 aliphatic heterocycles. The summed E-state index contributed by atoms with van der Waals surface area (Å²) in [6, 6.07) is 10.2. The van der Waals surface area contributed by atoms with Gasteiger partial charge in [0.25, 0.3) is 0 Å². The molecule has 3 nitrogen and oxygen atoms in total. The molecule has 0 radical (unpaired) electrons. The Balaban J connectivity index is 2.29. The quantitative estimate of drug-likeness (QED) is 0.840. The lowest BCUT2D eigenvalue weighted by Gasteiger charge is -2.13. The average Bonchev–Trinajstić information content (AvgIpc) is 2.42. The predicted octanol–water partition coefficient (Wildman–Crippen LogP) is 2.29. The summed E-state index contributed by atoms with van der Waals surface area (Å²) in [5, 5.41) is 0. The Labute approximate surface area is 105 Å². The van der Waals surface area contributed by atoms with E-state index in [4.69, 9.17) is 5.73 Å². The number of nitrogens with zero attached hydrogens (tertiary/aromatic N) is 2. The van der Waals surface area contributed by atoms with E-state index >= 15 is 0 Å². The molecule has 0 amide bonds. The van der Waals surface area contributed by atoms with E-state index in [-0.39, 0.29) is 5.92 Å². The zero-order valence-corrected chi connectivity index (χ0v) is 10.5. The standard InChI is InChI=1S/C13H15N3S/c1-17-11-5-3-10(4-6-11)12(9-14)13-15-7-2-8-16-13/h2-8,12H,9,14H2,1H3. The monoisotopic (exact) mass is 245 g/mol. The Bertz CT molecular complexity index is 456. The smallest absolute Gasteiger partial charge is 0.136 e. The lowest BCUT2D eigenvalue weighted by atomic mass is 9.98. The molecule has 1 unspecified atom stereocenters. The van der Waals surface area contributed by atoms with E-state index in [0.717, 1.165) is 11.4 Å². The van der Waals surface area contributed by atoms with Crippen LogP contribution in [-0.2, 0) is 0 Å². The maximum Gasteiger partial charge on any atom is 0.136 e. The number of hydrogen-bond donors (Lipinski definition) is 1. The van der Waals surface area contributed by atoms with Crippen molar-refractivity contribution in [3.8, 4) is 0 Å². The van der Waals surface area contributed by atoms with Crippen LogP contribution in [0.15, 0.2) is 47.6 Å². The minimum absolute atomic E-state index is 0.0760. The summed E-state index contributed by atoms with van der Waals surface area (Å²) >= 11 is 1.73. The van der Waals surface area contributed by atoms with E-state index in [2.05, 4.69) is 40.5 Å². The Morgan fingerprint density at radius 3 is 2.35 bits per heavy atom. The van der Waals surface area contributed by atoms with Gasteiger partial charge in [-0.05, 0) is 30.0 Å². The summed E-state index contributed by atoms with van der Waals surface area (Å²) in [6.07, 6.45) is 5.57. The number of thioether (sulfide) groups is 1. The van der Waals surface area contributed by atoms with Crippen molar-refractivity contribution >= 4 is 11.8 Å². The van der Waals surface area contributed by atoms with Crippen molar-refractivity contribution in [2.75, 3.05) is 12.8 Å². The van der Waals surface area contributed by atoms with Crippen LogP contribution in [0.5, 0.6) is 0 Å². The highest BCUT2D eigenvalue weighted by atomic mass is 32.2. The molecule has 4 heteroatoms. The molecule has 0 fully saturated rings. The topological polar surface area (TPSA) is 51.8 Å². The maximum atomic E-state index is 5.82. The van der Waals surface area contributed by atoms with Crippen LogP contribution in [-0.4, -0.2) is 22.8 Å². The summed E-state index contributed by atoms with van der Waals surface area (Å²) in [7, 11) is 0. The lowest BCUT2D eigenvalue weighted by Crippen LogP contribution is -2.16. The normalized spacial score (nSPS) is 12.4. The lowest BCUT2D eigenvalue weighted by molar-refractivity contribution is 0.749. The van der Waals surface area contributed by atoms with Crippen LogP contribution < -0.4 is 5.73 Å².